The van der Waals surface area contributed by atoms with Crippen LogP contribution in [0.1, 0.15) is 19.8 Å². The maximum Gasteiger partial charge on any atom is 0.243 e. The Balaban J connectivity index is 2.00. The average molecular weight is 139 g/mol. The second-order valence-electron chi connectivity index (χ2n) is 3.23. The van der Waals surface area contributed by atoms with Crippen molar-refractivity contribution in [1.82, 2.24) is 4.90 Å². The lowest BCUT2D eigenvalue weighted by Crippen LogP contribution is -2.48. The molecule has 0 aliphatic carbocycles. The van der Waals surface area contributed by atoms with E-state index in [1.54, 1.807) is 0 Å². The van der Waals surface area contributed by atoms with E-state index in [1.807, 2.05) is 0 Å². The molecule has 0 unspecified atom stereocenters. The molecule has 2 nitrogen and oxygen atoms in total. The summed E-state index contributed by atoms with van der Waals surface area (Å²) in [4.78, 5) is 2.47. The summed E-state index contributed by atoms with van der Waals surface area (Å²) in [5.74, 6) is 1.51. The van der Waals surface area contributed by atoms with Gasteiger partial charge in [-0.3, -0.25) is 9.48 Å². The third kappa shape index (κ3) is 0.825. The minimum Gasteiger partial charge on any atom is -0.266 e. The Morgan fingerprint density at radius 3 is 2.20 bits per heavy atom. The molecule has 0 saturated carbocycles. The lowest BCUT2D eigenvalue weighted by molar-refractivity contribution is -0.588. The van der Waals surface area contributed by atoms with E-state index in [0.29, 0.717) is 0 Å². The molecule has 0 spiro atoms. The lowest BCUT2D eigenvalue weighted by Gasteiger charge is -2.29. The molecule has 2 aliphatic heterocycles. The molecule has 56 valence electrons. The number of likely N-dealkylation sites (tertiary alicyclic amines) is 1. The normalized spacial score (nSPS) is 23.7. The third-order valence-corrected chi connectivity index (χ3v) is 2.63. The first kappa shape index (κ1) is 6.20. The van der Waals surface area contributed by atoms with Crippen molar-refractivity contribution >= 4 is 5.84 Å². The summed E-state index contributed by atoms with van der Waals surface area (Å²) in [6.45, 7) is 7.42. The highest BCUT2D eigenvalue weighted by Crippen LogP contribution is 2.09. The van der Waals surface area contributed by atoms with Crippen molar-refractivity contribution in [3.63, 3.8) is 0 Å². The zero-order valence-electron chi connectivity index (χ0n) is 6.64. The van der Waals surface area contributed by atoms with Gasteiger partial charge in [-0.1, -0.05) is 0 Å². The molecule has 0 amide bonds. The smallest absolute Gasteiger partial charge is 0.243 e. The monoisotopic (exact) mass is 139 g/mol. The van der Waals surface area contributed by atoms with Crippen molar-refractivity contribution in [2.24, 2.45) is 0 Å². The van der Waals surface area contributed by atoms with Crippen LogP contribution in [0.5, 0.6) is 0 Å². The predicted molar refractivity (Wildman–Crippen MR) is 41.5 cm³/mol. The summed E-state index contributed by atoms with van der Waals surface area (Å²) in [5.41, 5.74) is 0. The Bertz CT molecular complexity index is 162. The first-order chi connectivity index (χ1) is 4.88. The number of hydrogen-bond acceptors (Lipinski definition) is 0. The molecule has 0 radical (unpaired) electrons. The van der Waals surface area contributed by atoms with Crippen molar-refractivity contribution in [2.45, 2.75) is 19.8 Å². The summed E-state index contributed by atoms with van der Waals surface area (Å²) in [5, 5.41) is 0. The Morgan fingerprint density at radius 1 is 1.20 bits per heavy atom. The minimum absolute atomic E-state index is 1.29. The fourth-order valence-corrected chi connectivity index (χ4v) is 1.48. The third-order valence-electron chi connectivity index (χ3n) is 2.63. The molecule has 2 heterocycles. The van der Waals surface area contributed by atoms with Gasteiger partial charge in [0.25, 0.3) is 0 Å². The summed E-state index contributed by atoms with van der Waals surface area (Å²) in [6, 6.07) is 0. The van der Waals surface area contributed by atoms with Crippen LogP contribution in [0.3, 0.4) is 0 Å². The maximum absolute atomic E-state index is 2.47. The van der Waals surface area contributed by atoms with Crippen molar-refractivity contribution in [3.05, 3.63) is 0 Å². The van der Waals surface area contributed by atoms with Crippen LogP contribution in [-0.4, -0.2) is 41.5 Å². The summed E-state index contributed by atoms with van der Waals surface area (Å²) >= 11 is 0. The molecule has 2 heteroatoms. The second-order valence-corrected chi connectivity index (χ2v) is 3.23. The Kier molecular flexibility index (Phi) is 1.40. The molecule has 0 aromatic carbocycles. The number of hydrogen-bond donors (Lipinski definition) is 0. The van der Waals surface area contributed by atoms with E-state index >= 15 is 0 Å². The van der Waals surface area contributed by atoms with Gasteiger partial charge in [0.15, 0.2) is 0 Å². The van der Waals surface area contributed by atoms with E-state index in [2.05, 4.69) is 16.4 Å². The fourth-order valence-electron chi connectivity index (χ4n) is 1.48. The molecule has 0 atom stereocenters. The van der Waals surface area contributed by atoms with E-state index in [0.717, 1.165) is 0 Å². The molecule has 0 aromatic heterocycles. The average Bonchev–Trinajstić information content (AvgIpc) is 1.52. The zero-order valence-corrected chi connectivity index (χ0v) is 6.64. The van der Waals surface area contributed by atoms with Crippen LogP contribution < -0.4 is 0 Å². The second kappa shape index (κ2) is 2.26. The molecule has 10 heavy (non-hydrogen) atoms. The molecular formula is C8H15N2+. The fraction of sp³-hybridized carbons (Fsp3) is 0.875. The summed E-state index contributed by atoms with van der Waals surface area (Å²) in [7, 11) is 0. The summed E-state index contributed by atoms with van der Waals surface area (Å²) < 4.78 is 2.47. The molecule has 2 rings (SSSR count). The van der Waals surface area contributed by atoms with E-state index in [4.69, 9.17) is 0 Å². The van der Waals surface area contributed by atoms with Gasteiger partial charge in [-0.25, -0.2) is 0 Å². The standard InChI is InChI=1S/C8H15N2/c1-8(9-4-2-5-9)10-6-3-7-10/h2-7H2,1H3/q+1. The molecule has 0 aromatic rings. The molecular weight excluding hydrogens is 124 g/mol. The highest BCUT2D eigenvalue weighted by molar-refractivity contribution is 5.75. The number of rotatable bonds is 0. The van der Waals surface area contributed by atoms with Gasteiger partial charge in [-0.2, -0.15) is 0 Å². The largest absolute Gasteiger partial charge is 0.266 e. The molecule has 2 aliphatic rings. The van der Waals surface area contributed by atoms with Gasteiger partial charge in [0.1, 0.15) is 0 Å². The van der Waals surface area contributed by atoms with Crippen molar-refractivity contribution < 1.29 is 4.58 Å². The van der Waals surface area contributed by atoms with Crippen LogP contribution in [0.2, 0.25) is 0 Å². The molecule has 2 saturated heterocycles. The topological polar surface area (TPSA) is 6.25 Å². The first-order valence-corrected chi connectivity index (χ1v) is 4.21. The molecule has 0 bridgehead atoms. The van der Waals surface area contributed by atoms with Gasteiger partial charge in [0.2, 0.25) is 5.84 Å². The van der Waals surface area contributed by atoms with Gasteiger partial charge in [0.05, 0.1) is 26.2 Å². The lowest BCUT2D eigenvalue weighted by atomic mass is 10.2. The Labute approximate surface area is 62.1 Å². The highest BCUT2D eigenvalue weighted by Gasteiger charge is 2.27. The maximum atomic E-state index is 2.47. The Hall–Kier alpha value is -0.530. The van der Waals surface area contributed by atoms with Gasteiger partial charge < -0.3 is 0 Å². The number of nitrogens with zero attached hydrogens (tertiary/aromatic N) is 2. The minimum atomic E-state index is 1.29. The quantitative estimate of drug-likeness (QED) is 0.350. The van der Waals surface area contributed by atoms with E-state index in [1.165, 1.54) is 44.9 Å². The van der Waals surface area contributed by atoms with Crippen molar-refractivity contribution in [2.75, 3.05) is 26.2 Å². The van der Waals surface area contributed by atoms with Crippen LogP contribution in [0.4, 0.5) is 0 Å². The zero-order chi connectivity index (χ0) is 6.97. The van der Waals surface area contributed by atoms with Crippen LogP contribution in [0, 0.1) is 0 Å². The van der Waals surface area contributed by atoms with Crippen molar-refractivity contribution in [3.8, 4) is 0 Å². The molecule has 2 fully saturated rings. The first-order valence-electron chi connectivity index (χ1n) is 4.21. The van der Waals surface area contributed by atoms with Crippen LogP contribution in [0.15, 0.2) is 0 Å². The Morgan fingerprint density at radius 2 is 1.90 bits per heavy atom. The van der Waals surface area contributed by atoms with Gasteiger partial charge in [-0.15, -0.1) is 0 Å². The van der Waals surface area contributed by atoms with Crippen LogP contribution >= 0.6 is 0 Å². The SMILES string of the molecule is CC(N1CCC1)=[N+]1CCC1. The number of amidine groups is 1. The van der Waals surface area contributed by atoms with Gasteiger partial charge in [-0.05, 0) is 0 Å². The van der Waals surface area contributed by atoms with Crippen LogP contribution in [-0.2, 0) is 0 Å². The van der Waals surface area contributed by atoms with E-state index in [9.17, 15) is 0 Å². The van der Waals surface area contributed by atoms with Crippen molar-refractivity contribution in [1.29, 1.82) is 0 Å². The predicted octanol–water partition coefficient (Wildman–Crippen LogP) is 0.527. The summed E-state index contributed by atoms with van der Waals surface area (Å²) in [6.07, 6.45) is 2.79. The van der Waals surface area contributed by atoms with E-state index < -0.39 is 0 Å². The van der Waals surface area contributed by atoms with Crippen LogP contribution in [0.25, 0.3) is 0 Å². The van der Waals surface area contributed by atoms with Gasteiger partial charge >= 0.3 is 0 Å². The van der Waals surface area contributed by atoms with Gasteiger partial charge in [0, 0.05) is 19.8 Å². The van der Waals surface area contributed by atoms with E-state index in [-0.39, 0.29) is 0 Å². The highest BCUT2D eigenvalue weighted by atomic mass is 15.3. The molecule has 0 N–H and O–H groups in total.